The maximum atomic E-state index is 10.8. The van der Waals surface area contributed by atoms with E-state index in [1.807, 2.05) is 6.07 Å². The molecular formula is C13H14N2O2. The number of benzene rings is 1. The Balaban J connectivity index is 1.86. The Morgan fingerprint density at radius 3 is 2.94 bits per heavy atom. The van der Waals surface area contributed by atoms with Crippen LogP contribution < -0.4 is 5.32 Å². The van der Waals surface area contributed by atoms with Gasteiger partial charge in [-0.1, -0.05) is 6.07 Å². The molecule has 1 saturated carbocycles. The van der Waals surface area contributed by atoms with E-state index in [9.17, 15) is 4.79 Å². The highest BCUT2D eigenvalue weighted by Gasteiger charge is 2.20. The average molecular weight is 230 g/mol. The van der Waals surface area contributed by atoms with Crippen molar-refractivity contribution in [3.05, 3.63) is 35.5 Å². The third-order valence-electron chi connectivity index (χ3n) is 3.08. The summed E-state index contributed by atoms with van der Waals surface area (Å²) in [5.41, 5.74) is 2.31. The Bertz CT molecular complexity index is 570. The first-order chi connectivity index (χ1) is 8.22. The molecule has 1 heterocycles. The summed E-state index contributed by atoms with van der Waals surface area (Å²) in [6.45, 7) is 0.821. The van der Waals surface area contributed by atoms with Crippen LogP contribution in [-0.4, -0.2) is 22.1 Å². The van der Waals surface area contributed by atoms with E-state index in [4.69, 9.17) is 5.11 Å². The summed E-state index contributed by atoms with van der Waals surface area (Å²) < 4.78 is 0. The van der Waals surface area contributed by atoms with Crippen LogP contribution in [-0.2, 0) is 6.54 Å². The van der Waals surface area contributed by atoms with Crippen LogP contribution >= 0.6 is 0 Å². The largest absolute Gasteiger partial charge is 0.478 e. The number of carbonyl (C=O) groups is 1. The van der Waals surface area contributed by atoms with E-state index >= 15 is 0 Å². The van der Waals surface area contributed by atoms with Gasteiger partial charge >= 0.3 is 5.97 Å². The molecule has 0 amide bonds. The first kappa shape index (κ1) is 10.4. The topological polar surface area (TPSA) is 65.1 Å². The fourth-order valence-electron chi connectivity index (χ4n) is 1.96. The van der Waals surface area contributed by atoms with Crippen LogP contribution in [0.3, 0.4) is 0 Å². The van der Waals surface area contributed by atoms with Gasteiger partial charge in [0.05, 0.1) is 5.56 Å². The third kappa shape index (κ3) is 2.17. The molecule has 1 aromatic carbocycles. The van der Waals surface area contributed by atoms with E-state index in [0.717, 1.165) is 23.1 Å². The smallest absolute Gasteiger partial charge is 0.335 e. The van der Waals surface area contributed by atoms with Gasteiger partial charge in [0.2, 0.25) is 0 Å². The maximum Gasteiger partial charge on any atom is 0.335 e. The molecule has 0 radical (unpaired) electrons. The Morgan fingerprint density at radius 2 is 2.24 bits per heavy atom. The average Bonchev–Trinajstić information content (AvgIpc) is 3.04. The minimum atomic E-state index is -0.890. The fourth-order valence-corrected chi connectivity index (χ4v) is 1.96. The molecule has 0 saturated heterocycles. The van der Waals surface area contributed by atoms with Crippen molar-refractivity contribution in [1.29, 1.82) is 0 Å². The Morgan fingerprint density at radius 1 is 1.41 bits per heavy atom. The second-order valence-electron chi connectivity index (χ2n) is 4.56. The molecule has 17 heavy (non-hydrogen) atoms. The van der Waals surface area contributed by atoms with E-state index in [-0.39, 0.29) is 0 Å². The number of rotatable bonds is 4. The second-order valence-corrected chi connectivity index (χ2v) is 4.56. The molecule has 3 rings (SSSR count). The highest BCUT2D eigenvalue weighted by atomic mass is 16.4. The number of carboxylic acids is 1. The molecule has 88 valence electrons. The van der Waals surface area contributed by atoms with Crippen LogP contribution in [0.25, 0.3) is 10.9 Å². The standard InChI is InChI=1S/C13H14N2O2/c16-13(17)9-2-1-8-5-11(15-12(8)6-9)7-14-10-3-4-10/h1-2,5-6,10,14-15H,3-4,7H2,(H,16,17). The van der Waals surface area contributed by atoms with Crippen molar-refractivity contribution in [2.75, 3.05) is 0 Å². The monoisotopic (exact) mass is 230 g/mol. The van der Waals surface area contributed by atoms with Crippen molar-refractivity contribution >= 4 is 16.9 Å². The van der Waals surface area contributed by atoms with Gasteiger partial charge < -0.3 is 15.4 Å². The molecule has 3 N–H and O–H groups in total. The zero-order valence-corrected chi connectivity index (χ0v) is 9.36. The molecule has 1 aromatic heterocycles. The molecule has 4 nitrogen and oxygen atoms in total. The number of carboxylic acid groups (broad SMARTS) is 1. The zero-order chi connectivity index (χ0) is 11.8. The molecule has 0 aliphatic heterocycles. The SMILES string of the molecule is O=C(O)c1ccc2cc(CNC3CC3)[nH]c2c1. The summed E-state index contributed by atoms with van der Waals surface area (Å²) in [5.74, 6) is -0.890. The highest BCUT2D eigenvalue weighted by Crippen LogP contribution is 2.21. The van der Waals surface area contributed by atoms with Crippen LogP contribution in [0.5, 0.6) is 0 Å². The van der Waals surface area contributed by atoms with Crippen LogP contribution in [0.15, 0.2) is 24.3 Å². The van der Waals surface area contributed by atoms with Gasteiger partial charge in [-0.05, 0) is 36.4 Å². The second kappa shape index (κ2) is 3.89. The lowest BCUT2D eigenvalue weighted by Gasteiger charge is -1.98. The van der Waals surface area contributed by atoms with Crippen LogP contribution in [0.2, 0.25) is 0 Å². The summed E-state index contributed by atoms with van der Waals surface area (Å²) >= 11 is 0. The van der Waals surface area contributed by atoms with Gasteiger partial charge in [-0.3, -0.25) is 0 Å². The minimum Gasteiger partial charge on any atom is -0.478 e. The number of aromatic nitrogens is 1. The lowest BCUT2D eigenvalue weighted by atomic mass is 10.2. The number of aromatic amines is 1. The molecule has 0 unspecified atom stereocenters. The Kier molecular flexibility index (Phi) is 2.37. The van der Waals surface area contributed by atoms with Crippen molar-refractivity contribution in [3.63, 3.8) is 0 Å². The van der Waals surface area contributed by atoms with Crippen molar-refractivity contribution in [1.82, 2.24) is 10.3 Å². The highest BCUT2D eigenvalue weighted by molar-refractivity contribution is 5.93. The quantitative estimate of drug-likeness (QED) is 0.753. The fraction of sp³-hybridized carbons (Fsp3) is 0.308. The molecule has 0 bridgehead atoms. The summed E-state index contributed by atoms with van der Waals surface area (Å²) in [6.07, 6.45) is 2.53. The third-order valence-corrected chi connectivity index (χ3v) is 3.08. The predicted molar refractivity (Wildman–Crippen MR) is 65.1 cm³/mol. The van der Waals surface area contributed by atoms with E-state index < -0.39 is 5.97 Å². The van der Waals surface area contributed by atoms with Gasteiger partial charge in [-0.2, -0.15) is 0 Å². The van der Waals surface area contributed by atoms with Gasteiger partial charge in [-0.25, -0.2) is 4.79 Å². The van der Waals surface area contributed by atoms with Crippen molar-refractivity contribution < 1.29 is 9.90 Å². The lowest BCUT2D eigenvalue weighted by molar-refractivity contribution is 0.0697. The first-order valence-electron chi connectivity index (χ1n) is 5.81. The van der Waals surface area contributed by atoms with Crippen LogP contribution in [0, 0.1) is 0 Å². The number of aromatic carboxylic acids is 1. The predicted octanol–water partition coefficient (Wildman–Crippen LogP) is 2.12. The Hall–Kier alpha value is -1.81. The lowest BCUT2D eigenvalue weighted by Crippen LogP contribution is -2.15. The first-order valence-corrected chi connectivity index (χ1v) is 5.81. The van der Waals surface area contributed by atoms with Crippen LogP contribution in [0.1, 0.15) is 28.9 Å². The maximum absolute atomic E-state index is 10.8. The van der Waals surface area contributed by atoms with Gasteiger partial charge in [0.1, 0.15) is 0 Å². The van der Waals surface area contributed by atoms with Crippen molar-refractivity contribution in [2.45, 2.75) is 25.4 Å². The van der Waals surface area contributed by atoms with E-state index in [2.05, 4.69) is 16.4 Å². The molecule has 1 aliphatic carbocycles. The molecule has 0 spiro atoms. The van der Waals surface area contributed by atoms with Crippen LogP contribution in [0.4, 0.5) is 0 Å². The molecule has 1 fully saturated rings. The number of nitrogens with one attached hydrogen (secondary N) is 2. The molecular weight excluding hydrogens is 216 g/mol. The molecule has 1 aliphatic rings. The molecule has 0 atom stereocenters. The van der Waals surface area contributed by atoms with Gasteiger partial charge in [0.25, 0.3) is 0 Å². The summed E-state index contributed by atoms with van der Waals surface area (Å²) in [5, 5.41) is 13.4. The molecule has 4 heteroatoms. The number of fused-ring (bicyclic) bond motifs is 1. The minimum absolute atomic E-state index is 0.320. The summed E-state index contributed by atoms with van der Waals surface area (Å²) in [7, 11) is 0. The van der Waals surface area contributed by atoms with E-state index in [0.29, 0.717) is 11.6 Å². The summed E-state index contributed by atoms with van der Waals surface area (Å²) in [4.78, 5) is 14.1. The van der Waals surface area contributed by atoms with Gasteiger partial charge in [-0.15, -0.1) is 0 Å². The normalized spacial score (nSPS) is 15.3. The Labute approximate surface area is 98.6 Å². The van der Waals surface area contributed by atoms with Gasteiger partial charge in [0.15, 0.2) is 0 Å². The zero-order valence-electron chi connectivity index (χ0n) is 9.36. The van der Waals surface area contributed by atoms with Crippen molar-refractivity contribution in [3.8, 4) is 0 Å². The number of hydrogen-bond donors (Lipinski definition) is 3. The number of hydrogen-bond acceptors (Lipinski definition) is 2. The molecule has 2 aromatic rings. The van der Waals surface area contributed by atoms with E-state index in [1.54, 1.807) is 12.1 Å². The number of H-pyrrole nitrogens is 1. The summed E-state index contributed by atoms with van der Waals surface area (Å²) in [6, 6.07) is 7.90. The van der Waals surface area contributed by atoms with E-state index in [1.165, 1.54) is 12.8 Å². The van der Waals surface area contributed by atoms with Gasteiger partial charge in [0, 0.05) is 23.8 Å². The van der Waals surface area contributed by atoms with Crippen molar-refractivity contribution in [2.24, 2.45) is 0 Å².